The van der Waals surface area contributed by atoms with E-state index in [0.717, 1.165) is 31.6 Å². The first-order chi connectivity index (χ1) is 13.5. The lowest BCUT2D eigenvalue weighted by atomic mass is 10.1. The van der Waals surface area contributed by atoms with Gasteiger partial charge in [0.25, 0.3) is 0 Å². The van der Waals surface area contributed by atoms with Crippen LogP contribution in [0.2, 0.25) is 0 Å². The Morgan fingerprint density at radius 2 is 2.07 bits per heavy atom. The first kappa shape index (κ1) is 23.8. The Morgan fingerprint density at radius 3 is 2.76 bits per heavy atom. The van der Waals surface area contributed by atoms with Gasteiger partial charge >= 0.3 is 6.18 Å². The number of ether oxygens (including phenoxy) is 2. The van der Waals surface area contributed by atoms with Gasteiger partial charge in [-0.3, -0.25) is 4.99 Å². The topological polar surface area (TPSA) is 46.1 Å². The smallest absolute Gasteiger partial charge is 0.375 e. The van der Waals surface area contributed by atoms with Crippen molar-refractivity contribution in [1.82, 2.24) is 10.2 Å². The van der Waals surface area contributed by atoms with E-state index in [1.807, 2.05) is 0 Å². The molecule has 2 saturated heterocycles. The molecule has 0 amide bonds. The van der Waals surface area contributed by atoms with Crippen molar-refractivity contribution in [2.45, 2.75) is 31.2 Å². The fourth-order valence-electron chi connectivity index (χ4n) is 3.36. The Kier molecular flexibility index (Phi) is 9.04. The van der Waals surface area contributed by atoms with E-state index in [-0.39, 0.29) is 42.7 Å². The highest BCUT2D eigenvalue weighted by atomic mass is 127. The van der Waals surface area contributed by atoms with Gasteiger partial charge in [0.15, 0.2) is 5.96 Å². The summed E-state index contributed by atoms with van der Waals surface area (Å²) in [5.41, 5.74) is -0.368. The van der Waals surface area contributed by atoms with Crippen molar-refractivity contribution < 1.29 is 22.6 Å². The number of benzene rings is 1. The zero-order valence-corrected chi connectivity index (χ0v) is 18.5. The molecular weight excluding hydrogens is 498 g/mol. The van der Waals surface area contributed by atoms with Gasteiger partial charge < -0.3 is 19.7 Å². The lowest BCUT2D eigenvalue weighted by Gasteiger charge is -2.36. The van der Waals surface area contributed by atoms with Crippen molar-refractivity contribution in [2.75, 3.05) is 39.9 Å². The molecule has 2 aliphatic heterocycles. The average Bonchev–Trinajstić information content (AvgIpc) is 3.23. The lowest BCUT2D eigenvalue weighted by molar-refractivity contribution is -0.137. The predicted molar refractivity (Wildman–Crippen MR) is 115 cm³/mol. The molecule has 0 aromatic heterocycles. The second-order valence-electron chi connectivity index (χ2n) is 6.69. The van der Waals surface area contributed by atoms with Gasteiger partial charge in [0.2, 0.25) is 0 Å². The summed E-state index contributed by atoms with van der Waals surface area (Å²) >= 11 is 0. The molecule has 0 bridgehead atoms. The molecule has 2 aliphatic rings. The number of halogens is 4. The zero-order valence-electron chi connectivity index (χ0n) is 16.2. The number of hydrogen-bond acceptors (Lipinski definition) is 3. The fraction of sp³-hybridized carbons (Fsp3) is 0.550. The maximum atomic E-state index is 12.8. The molecule has 2 heterocycles. The normalized spacial score (nSPS) is 22.5. The van der Waals surface area contributed by atoms with E-state index < -0.39 is 11.7 Å². The van der Waals surface area contributed by atoms with Gasteiger partial charge in [0.05, 0.1) is 24.8 Å². The largest absolute Gasteiger partial charge is 0.416 e. The molecule has 0 saturated carbocycles. The number of aliphatic imine (C=N–C) groups is 1. The lowest BCUT2D eigenvalue weighted by Crippen LogP contribution is -2.53. The Labute approximate surface area is 186 Å². The Morgan fingerprint density at radius 1 is 1.28 bits per heavy atom. The summed E-state index contributed by atoms with van der Waals surface area (Å²) in [6.07, 6.45) is -2.16. The molecule has 2 unspecified atom stereocenters. The maximum absolute atomic E-state index is 12.8. The quantitative estimate of drug-likeness (QED) is 0.280. The van der Waals surface area contributed by atoms with Gasteiger partial charge in [-0.2, -0.15) is 13.2 Å². The summed E-state index contributed by atoms with van der Waals surface area (Å²) in [6, 6.07) is 5.01. The molecule has 1 aromatic rings. The van der Waals surface area contributed by atoms with Crippen LogP contribution in [0.5, 0.6) is 0 Å². The second-order valence-corrected chi connectivity index (χ2v) is 6.69. The minimum atomic E-state index is -4.37. The highest BCUT2D eigenvalue weighted by Crippen LogP contribution is 2.29. The summed E-state index contributed by atoms with van der Waals surface area (Å²) in [6.45, 7) is 3.06. The zero-order chi connectivity index (χ0) is 20.0. The van der Waals surface area contributed by atoms with Gasteiger partial charge in [-0.15, -0.1) is 24.0 Å². The molecule has 3 rings (SSSR count). The van der Waals surface area contributed by atoms with Crippen molar-refractivity contribution in [1.29, 1.82) is 0 Å². The summed E-state index contributed by atoms with van der Waals surface area (Å²) < 4.78 is 49.8. The van der Waals surface area contributed by atoms with Crippen LogP contribution in [0.3, 0.4) is 0 Å². The van der Waals surface area contributed by atoms with Crippen LogP contribution in [-0.4, -0.2) is 63.0 Å². The van der Waals surface area contributed by atoms with E-state index in [0.29, 0.717) is 31.2 Å². The first-order valence-corrected chi connectivity index (χ1v) is 9.32. The predicted octanol–water partition coefficient (Wildman–Crippen LogP) is 3.13. The van der Waals surface area contributed by atoms with E-state index in [9.17, 15) is 13.2 Å². The third-order valence-corrected chi connectivity index (χ3v) is 4.74. The van der Waals surface area contributed by atoms with Crippen LogP contribution < -0.4 is 5.32 Å². The SMILES string of the molecule is CN=C(NCC#Cc1cccc(C(F)(F)F)c1)N1CCOC(C2CCCO2)C1.I. The number of morpholine rings is 1. The van der Waals surface area contributed by atoms with Gasteiger partial charge in [0, 0.05) is 32.3 Å². The average molecular weight is 523 g/mol. The van der Waals surface area contributed by atoms with Crippen molar-refractivity contribution in [3.05, 3.63) is 35.4 Å². The molecule has 29 heavy (non-hydrogen) atoms. The van der Waals surface area contributed by atoms with Crippen molar-refractivity contribution in [3.63, 3.8) is 0 Å². The molecule has 2 atom stereocenters. The van der Waals surface area contributed by atoms with E-state index in [2.05, 4.69) is 27.0 Å². The summed E-state index contributed by atoms with van der Waals surface area (Å²) in [4.78, 5) is 6.38. The van der Waals surface area contributed by atoms with Gasteiger partial charge in [-0.25, -0.2) is 0 Å². The number of nitrogens with zero attached hydrogens (tertiary/aromatic N) is 2. The minimum Gasteiger partial charge on any atom is -0.375 e. The first-order valence-electron chi connectivity index (χ1n) is 9.32. The highest BCUT2D eigenvalue weighted by molar-refractivity contribution is 14.0. The van der Waals surface area contributed by atoms with Crippen molar-refractivity contribution in [3.8, 4) is 11.8 Å². The Balaban J connectivity index is 0.00000300. The number of nitrogens with one attached hydrogen (secondary N) is 1. The molecule has 1 N–H and O–H groups in total. The molecule has 0 spiro atoms. The molecule has 2 fully saturated rings. The minimum absolute atomic E-state index is 0. The molecule has 0 aliphatic carbocycles. The monoisotopic (exact) mass is 523 g/mol. The number of guanidine groups is 1. The molecule has 0 radical (unpaired) electrons. The van der Waals surface area contributed by atoms with Crippen molar-refractivity contribution >= 4 is 29.9 Å². The fourth-order valence-corrected chi connectivity index (χ4v) is 3.36. The number of hydrogen-bond donors (Lipinski definition) is 1. The van der Waals surface area contributed by atoms with Crippen LogP contribution in [0.4, 0.5) is 13.2 Å². The van der Waals surface area contributed by atoms with Crippen LogP contribution in [0.15, 0.2) is 29.3 Å². The number of rotatable bonds is 2. The summed E-state index contributed by atoms with van der Waals surface area (Å²) in [5, 5.41) is 3.15. The van der Waals surface area contributed by atoms with Crippen LogP contribution in [0.1, 0.15) is 24.0 Å². The molecule has 160 valence electrons. The molecular formula is C20H25F3IN3O2. The van der Waals surface area contributed by atoms with Crippen LogP contribution in [0, 0.1) is 11.8 Å². The van der Waals surface area contributed by atoms with Crippen molar-refractivity contribution in [2.24, 2.45) is 4.99 Å². The van der Waals surface area contributed by atoms with Gasteiger partial charge in [-0.1, -0.05) is 17.9 Å². The number of alkyl halides is 3. The van der Waals surface area contributed by atoms with E-state index >= 15 is 0 Å². The Bertz CT molecular complexity index is 755. The molecule has 9 heteroatoms. The maximum Gasteiger partial charge on any atom is 0.416 e. The summed E-state index contributed by atoms with van der Waals surface area (Å²) in [5.74, 6) is 6.32. The van der Waals surface area contributed by atoms with E-state index in [1.165, 1.54) is 6.07 Å². The van der Waals surface area contributed by atoms with E-state index in [4.69, 9.17) is 9.47 Å². The van der Waals surface area contributed by atoms with E-state index in [1.54, 1.807) is 13.1 Å². The van der Waals surface area contributed by atoms with Gasteiger partial charge in [-0.05, 0) is 31.0 Å². The molecule has 5 nitrogen and oxygen atoms in total. The summed E-state index contributed by atoms with van der Waals surface area (Å²) in [7, 11) is 1.69. The highest BCUT2D eigenvalue weighted by Gasteiger charge is 2.32. The van der Waals surface area contributed by atoms with Gasteiger partial charge in [0.1, 0.15) is 6.10 Å². The van der Waals surface area contributed by atoms with Crippen LogP contribution in [-0.2, 0) is 15.7 Å². The third-order valence-electron chi connectivity index (χ3n) is 4.74. The standard InChI is InChI=1S/C20H24F3N3O2.HI/c1-24-19(26-10-12-28-18(14-26)17-8-4-11-27-17)25-9-3-6-15-5-2-7-16(13-15)20(21,22)23;/h2,5,7,13,17-18H,4,8-12,14H2,1H3,(H,24,25);1H. The van der Waals surface area contributed by atoms with Crippen LogP contribution >= 0.6 is 24.0 Å². The molecule has 1 aromatic carbocycles. The Hall–Kier alpha value is -1.51. The third kappa shape index (κ3) is 6.76. The van der Waals surface area contributed by atoms with Crippen LogP contribution in [0.25, 0.3) is 0 Å². The second kappa shape index (κ2) is 11.0.